The number of aryl methyl sites for hydroxylation is 1. The zero-order valence-electron chi connectivity index (χ0n) is 8.30. The standard InChI is InChI=1S/C11H16N2/c1-3-4-5-7-12-9-11-6-8-13(2)10-11/h6,8,10,12H,5,7,9H2,1-2H3. The molecule has 0 saturated heterocycles. The van der Waals surface area contributed by atoms with E-state index in [9.17, 15) is 0 Å². The molecule has 0 fully saturated rings. The quantitative estimate of drug-likeness (QED) is 0.544. The van der Waals surface area contributed by atoms with E-state index in [1.54, 1.807) is 0 Å². The first-order valence-corrected chi connectivity index (χ1v) is 4.54. The molecule has 1 heterocycles. The molecule has 0 aliphatic heterocycles. The number of hydrogen-bond donors (Lipinski definition) is 1. The number of nitrogens with zero attached hydrogens (tertiary/aromatic N) is 1. The van der Waals surface area contributed by atoms with Crippen molar-refractivity contribution in [1.82, 2.24) is 9.88 Å². The first kappa shape index (κ1) is 9.88. The minimum Gasteiger partial charge on any atom is -0.357 e. The summed E-state index contributed by atoms with van der Waals surface area (Å²) in [5.41, 5.74) is 1.33. The van der Waals surface area contributed by atoms with Crippen LogP contribution in [0, 0.1) is 11.8 Å². The van der Waals surface area contributed by atoms with Gasteiger partial charge in [-0.3, -0.25) is 0 Å². The van der Waals surface area contributed by atoms with Gasteiger partial charge in [0.15, 0.2) is 0 Å². The van der Waals surface area contributed by atoms with Gasteiger partial charge < -0.3 is 9.88 Å². The van der Waals surface area contributed by atoms with Crippen LogP contribution in [0.1, 0.15) is 18.9 Å². The molecular weight excluding hydrogens is 160 g/mol. The van der Waals surface area contributed by atoms with Crippen molar-refractivity contribution < 1.29 is 0 Å². The third-order valence-corrected chi connectivity index (χ3v) is 1.83. The first-order chi connectivity index (χ1) is 6.33. The van der Waals surface area contributed by atoms with Crippen molar-refractivity contribution in [3.63, 3.8) is 0 Å². The third-order valence-electron chi connectivity index (χ3n) is 1.83. The second kappa shape index (κ2) is 5.45. The molecule has 1 N–H and O–H groups in total. The highest BCUT2D eigenvalue weighted by Crippen LogP contribution is 1.97. The van der Waals surface area contributed by atoms with E-state index in [1.165, 1.54) is 5.56 Å². The maximum Gasteiger partial charge on any atom is 0.0220 e. The largest absolute Gasteiger partial charge is 0.357 e. The number of rotatable bonds is 4. The molecule has 0 unspecified atom stereocenters. The SMILES string of the molecule is CC#CCCNCc1ccn(C)c1. The topological polar surface area (TPSA) is 17.0 Å². The maximum absolute atomic E-state index is 3.33. The molecule has 2 heteroatoms. The molecular formula is C11H16N2. The van der Waals surface area contributed by atoms with E-state index in [0.29, 0.717) is 0 Å². The lowest BCUT2D eigenvalue weighted by Gasteiger charge is -1.98. The van der Waals surface area contributed by atoms with Crippen molar-refractivity contribution in [2.24, 2.45) is 7.05 Å². The van der Waals surface area contributed by atoms with Gasteiger partial charge in [-0.1, -0.05) is 0 Å². The molecule has 1 aromatic heterocycles. The first-order valence-electron chi connectivity index (χ1n) is 4.54. The Hall–Kier alpha value is -1.20. The highest BCUT2D eigenvalue weighted by Gasteiger charge is 1.92. The summed E-state index contributed by atoms with van der Waals surface area (Å²) in [6.07, 6.45) is 5.12. The molecule has 0 aliphatic rings. The van der Waals surface area contributed by atoms with Gasteiger partial charge in [-0.05, 0) is 18.6 Å². The predicted octanol–water partition coefficient (Wildman–Crippen LogP) is 1.53. The average molecular weight is 176 g/mol. The molecule has 70 valence electrons. The van der Waals surface area contributed by atoms with E-state index in [1.807, 2.05) is 14.0 Å². The fourth-order valence-corrected chi connectivity index (χ4v) is 1.17. The molecule has 13 heavy (non-hydrogen) atoms. The average Bonchev–Trinajstić information content (AvgIpc) is 2.51. The lowest BCUT2D eigenvalue weighted by atomic mass is 10.3. The van der Waals surface area contributed by atoms with Crippen LogP contribution in [0.5, 0.6) is 0 Å². The lowest BCUT2D eigenvalue weighted by Crippen LogP contribution is -2.13. The lowest BCUT2D eigenvalue weighted by molar-refractivity contribution is 0.700. The number of hydrogen-bond acceptors (Lipinski definition) is 1. The molecule has 0 atom stereocenters. The van der Waals surface area contributed by atoms with E-state index in [0.717, 1.165) is 19.5 Å². The van der Waals surface area contributed by atoms with Gasteiger partial charge in [0.1, 0.15) is 0 Å². The number of nitrogens with one attached hydrogen (secondary N) is 1. The van der Waals surface area contributed by atoms with E-state index < -0.39 is 0 Å². The van der Waals surface area contributed by atoms with Crippen molar-refractivity contribution in [3.05, 3.63) is 24.0 Å². The van der Waals surface area contributed by atoms with E-state index in [4.69, 9.17) is 0 Å². The van der Waals surface area contributed by atoms with Gasteiger partial charge in [0.25, 0.3) is 0 Å². The molecule has 0 spiro atoms. The molecule has 0 saturated carbocycles. The normalized spacial score (nSPS) is 9.38. The number of aromatic nitrogens is 1. The van der Waals surface area contributed by atoms with Crippen molar-refractivity contribution in [3.8, 4) is 11.8 Å². The van der Waals surface area contributed by atoms with Crippen LogP contribution in [0.25, 0.3) is 0 Å². The van der Waals surface area contributed by atoms with Crippen molar-refractivity contribution >= 4 is 0 Å². The summed E-state index contributed by atoms with van der Waals surface area (Å²) in [7, 11) is 2.03. The van der Waals surface area contributed by atoms with E-state index >= 15 is 0 Å². The Bertz CT molecular complexity index is 301. The van der Waals surface area contributed by atoms with Crippen molar-refractivity contribution in [2.45, 2.75) is 19.9 Å². The Labute approximate surface area is 80.0 Å². The highest BCUT2D eigenvalue weighted by atomic mass is 14.9. The molecule has 2 nitrogen and oxygen atoms in total. The van der Waals surface area contributed by atoms with Gasteiger partial charge in [-0.2, -0.15) is 0 Å². The van der Waals surface area contributed by atoms with Crippen LogP contribution in [0.4, 0.5) is 0 Å². The predicted molar refractivity (Wildman–Crippen MR) is 55.2 cm³/mol. The van der Waals surface area contributed by atoms with Gasteiger partial charge in [0.2, 0.25) is 0 Å². The summed E-state index contributed by atoms with van der Waals surface area (Å²) in [6.45, 7) is 3.78. The van der Waals surface area contributed by atoms with Crippen LogP contribution in [0.2, 0.25) is 0 Å². The van der Waals surface area contributed by atoms with Crippen LogP contribution in [0.3, 0.4) is 0 Å². The molecule has 0 aromatic carbocycles. The molecule has 0 bridgehead atoms. The second-order valence-electron chi connectivity index (χ2n) is 3.04. The van der Waals surface area contributed by atoms with Crippen LogP contribution in [-0.2, 0) is 13.6 Å². The Morgan fingerprint density at radius 1 is 1.54 bits per heavy atom. The smallest absolute Gasteiger partial charge is 0.0220 e. The minimum atomic E-state index is 0.934. The molecule has 0 amide bonds. The molecule has 1 rings (SSSR count). The summed E-state index contributed by atoms with van der Waals surface area (Å²) < 4.78 is 2.06. The fraction of sp³-hybridized carbons (Fsp3) is 0.455. The minimum absolute atomic E-state index is 0.934. The summed E-state index contributed by atoms with van der Waals surface area (Å²) in [5, 5.41) is 3.33. The summed E-state index contributed by atoms with van der Waals surface area (Å²) in [4.78, 5) is 0. The monoisotopic (exact) mass is 176 g/mol. The Kier molecular flexibility index (Phi) is 4.14. The Morgan fingerprint density at radius 3 is 3.00 bits per heavy atom. The van der Waals surface area contributed by atoms with Gasteiger partial charge in [-0.25, -0.2) is 0 Å². The summed E-state index contributed by atoms with van der Waals surface area (Å²) in [6, 6.07) is 2.12. The van der Waals surface area contributed by atoms with Crippen LogP contribution in [-0.4, -0.2) is 11.1 Å². The summed E-state index contributed by atoms with van der Waals surface area (Å²) in [5.74, 6) is 5.90. The Morgan fingerprint density at radius 2 is 2.38 bits per heavy atom. The highest BCUT2D eigenvalue weighted by molar-refractivity contribution is 5.09. The van der Waals surface area contributed by atoms with E-state index in [-0.39, 0.29) is 0 Å². The van der Waals surface area contributed by atoms with Crippen LogP contribution in [0.15, 0.2) is 18.5 Å². The van der Waals surface area contributed by atoms with Gasteiger partial charge in [0.05, 0.1) is 0 Å². The van der Waals surface area contributed by atoms with Crippen LogP contribution < -0.4 is 5.32 Å². The third kappa shape index (κ3) is 3.82. The molecule has 1 aromatic rings. The summed E-state index contributed by atoms with van der Waals surface area (Å²) >= 11 is 0. The zero-order chi connectivity index (χ0) is 9.52. The van der Waals surface area contributed by atoms with E-state index in [2.05, 4.69) is 40.2 Å². The maximum atomic E-state index is 3.33. The van der Waals surface area contributed by atoms with Gasteiger partial charge in [0, 0.05) is 39.0 Å². The van der Waals surface area contributed by atoms with Crippen LogP contribution >= 0.6 is 0 Å². The molecule has 0 aliphatic carbocycles. The van der Waals surface area contributed by atoms with Gasteiger partial charge in [-0.15, -0.1) is 11.8 Å². The second-order valence-corrected chi connectivity index (χ2v) is 3.04. The van der Waals surface area contributed by atoms with Gasteiger partial charge >= 0.3 is 0 Å². The zero-order valence-corrected chi connectivity index (χ0v) is 8.30. The Balaban J connectivity index is 2.15. The van der Waals surface area contributed by atoms with Crippen molar-refractivity contribution in [1.29, 1.82) is 0 Å². The van der Waals surface area contributed by atoms with Crippen molar-refractivity contribution in [2.75, 3.05) is 6.54 Å². The molecule has 0 radical (unpaired) electrons. The fourth-order valence-electron chi connectivity index (χ4n) is 1.17.